The van der Waals surface area contributed by atoms with Gasteiger partial charge >= 0.3 is 6.03 Å². The number of carbonyl (C=O) groups excluding carboxylic acids is 2. The molecule has 3 amide bonds. The fourth-order valence-corrected chi connectivity index (χ4v) is 3.44. The van der Waals surface area contributed by atoms with E-state index in [-0.39, 0.29) is 11.9 Å². The predicted molar refractivity (Wildman–Crippen MR) is 107 cm³/mol. The first-order valence-corrected chi connectivity index (χ1v) is 9.43. The van der Waals surface area contributed by atoms with Crippen molar-refractivity contribution < 1.29 is 9.59 Å². The molecule has 6 heteroatoms. The molecule has 1 saturated heterocycles. The van der Waals surface area contributed by atoms with Crippen LogP contribution in [-0.4, -0.2) is 59.9 Å². The molecule has 0 N–H and O–H groups in total. The van der Waals surface area contributed by atoms with Crippen molar-refractivity contribution in [2.45, 2.75) is 13.5 Å². The van der Waals surface area contributed by atoms with Crippen molar-refractivity contribution in [2.24, 2.45) is 0 Å². The lowest BCUT2D eigenvalue weighted by Crippen LogP contribution is -2.53. The molecular formula is C21H24ClN3O2. The summed E-state index contributed by atoms with van der Waals surface area (Å²) < 4.78 is 0. The Morgan fingerprint density at radius 3 is 2.30 bits per heavy atom. The van der Waals surface area contributed by atoms with Gasteiger partial charge in [0.25, 0.3) is 5.91 Å². The third kappa shape index (κ3) is 4.61. The maximum Gasteiger partial charge on any atom is 0.320 e. The fourth-order valence-electron chi connectivity index (χ4n) is 3.24. The van der Waals surface area contributed by atoms with E-state index in [0.29, 0.717) is 43.3 Å². The van der Waals surface area contributed by atoms with Gasteiger partial charge in [0.15, 0.2) is 0 Å². The average Bonchev–Trinajstić information content (AvgIpc) is 2.69. The number of benzene rings is 2. The molecule has 0 unspecified atom stereocenters. The lowest BCUT2D eigenvalue weighted by molar-refractivity contribution is 0.0644. The monoisotopic (exact) mass is 385 g/mol. The molecule has 3 rings (SSSR count). The molecule has 27 heavy (non-hydrogen) atoms. The van der Waals surface area contributed by atoms with Gasteiger partial charge in [-0.15, -0.1) is 0 Å². The first kappa shape index (κ1) is 19.2. The molecule has 0 spiro atoms. The lowest BCUT2D eigenvalue weighted by atomic mass is 10.1. The van der Waals surface area contributed by atoms with Gasteiger partial charge in [0.05, 0.1) is 10.6 Å². The van der Waals surface area contributed by atoms with Crippen LogP contribution in [0.15, 0.2) is 48.5 Å². The van der Waals surface area contributed by atoms with Gasteiger partial charge in [-0.2, -0.15) is 0 Å². The number of amides is 3. The zero-order valence-electron chi connectivity index (χ0n) is 15.7. The number of rotatable bonds is 3. The van der Waals surface area contributed by atoms with Gasteiger partial charge in [-0.25, -0.2) is 4.79 Å². The Morgan fingerprint density at radius 1 is 1.00 bits per heavy atom. The Hall–Kier alpha value is -2.53. The summed E-state index contributed by atoms with van der Waals surface area (Å²) in [6.07, 6.45) is 0. The number of carbonyl (C=O) groups is 2. The molecule has 2 aromatic carbocycles. The van der Waals surface area contributed by atoms with E-state index in [1.54, 1.807) is 27.8 Å². The highest BCUT2D eigenvalue weighted by Crippen LogP contribution is 2.20. The standard InChI is InChI=1S/C21H24ClN3O2/c1-16-8-9-19(22)18(14-16)20(26)24-10-12-25(13-11-24)21(27)23(2)15-17-6-4-3-5-7-17/h3-9,14H,10-13,15H2,1-2H3. The minimum absolute atomic E-state index is 0.0143. The predicted octanol–water partition coefficient (Wildman–Crippen LogP) is 3.66. The Bertz CT molecular complexity index is 817. The van der Waals surface area contributed by atoms with Gasteiger partial charge in [-0.05, 0) is 24.6 Å². The minimum Gasteiger partial charge on any atom is -0.335 e. The van der Waals surface area contributed by atoms with Crippen LogP contribution >= 0.6 is 11.6 Å². The Balaban J connectivity index is 1.57. The van der Waals surface area contributed by atoms with Gasteiger partial charge in [-0.1, -0.05) is 53.6 Å². The Labute approximate surface area is 165 Å². The van der Waals surface area contributed by atoms with E-state index in [9.17, 15) is 9.59 Å². The molecule has 1 heterocycles. The van der Waals surface area contributed by atoms with E-state index in [0.717, 1.165) is 11.1 Å². The van der Waals surface area contributed by atoms with Crippen molar-refractivity contribution >= 4 is 23.5 Å². The van der Waals surface area contributed by atoms with Crippen LogP contribution in [0.4, 0.5) is 4.79 Å². The van der Waals surface area contributed by atoms with Crippen LogP contribution in [0.3, 0.4) is 0 Å². The number of nitrogens with zero attached hydrogens (tertiary/aromatic N) is 3. The normalized spacial score (nSPS) is 14.2. The quantitative estimate of drug-likeness (QED) is 0.809. The second-order valence-electron chi connectivity index (χ2n) is 6.89. The minimum atomic E-state index is -0.0755. The van der Waals surface area contributed by atoms with Crippen molar-refractivity contribution in [3.8, 4) is 0 Å². The zero-order chi connectivity index (χ0) is 19.4. The molecule has 0 bridgehead atoms. The highest BCUT2D eigenvalue weighted by Gasteiger charge is 2.27. The Morgan fingerprint density at radius 2 is 1.63 bits per heavy atom. The topological polar surface area (TPSA) is 43.9 Å². The summed E-state index contributed by atoms with van der Waals surface area (Å²) in [7, 11) is 1.80. The second-order valence-corrected chi connectivity index (χ2v) is 7.29. The molecule has 0 aromatic heterocycles. The smallest absolute Gasteiger partial charge is 0.320 e. The maximum atomic E-state index is 12.8. The van der Waals surface area contributed by atoms with Gasteiger partial charge in [0.2, 0.25) is 0 Å². The van der Waals surface area contributed by atoms with Crippen LogP contribution in [0.1, 0.15) is 21.5 Å². The largest absolute Gasteiger partial charge is 0.335 e. The molecule has 1 aliphatic rings. The van der Waals surface area contributed by atoms with Gasteiger partial charge in [0, 0.05) is 39.8 Å². The van der Waals surface area contributed by atoms with Crippen molar-refractivity contribution in [3.63, 3.8) is 0 Å². The molecule has 1 aliphatic heterocycles. The molecule has 142 valence electrons. The van der Waals surface area contributed by atoms with Crippen LogP contribution in [0, 0.1) is 6.92 Å². The van der Waals surface area contributed by atoms with Gasteiger partial charge < -0.3 is 14.7 Å². The molecule has 0 radical (unpaired) electrons. The van der Waals surface area contributed by atoms with Crippen molar-refractivity contribution in [1.29, 1.82) is 0 Å². The molecule has 0 saturated carbocycles. The fraction of sp³-hybridized carbons (Fsp3) is 0.333. The van der Waals surface area contributed by atoms with Crippen molar-refractivity contribution in [1.82, 2.24) is 14.7 Å². The van der Waals surface area contributed by atoms with Crippen molar-refractivity contribution in [2.75, 3.05) is 33.2 Å². The summed E-state index contributed by atoms with van der Waals surface area (Å²) in [4.78, 5) is 30.7. The number of aryl methyl sites for hydroxylation is 1. The number of urea groups is 1. The lowest BCUT2D eigenvalue weighted by Gasteiger charge is -2.36. The van der Waals surface area contributed by atoms with E-state index >= 15 is 0 Å². The first-order chi connectivity index (χ1) is 13.0. The van der Waals surface area contributed by atoms with Crippen LogP contribution < -0.4 is 0 Å². The number of piperazine rings is 1. The van der Waals surface area contributed by atoms with E-state index in [2.05, 4.69) is 0 Å². The molecule has 5 nitrogen and oxygen atoms in total. The molecule has 0 atom stereocenters. The van der Waals surface area contributed by atoms with E-state index in [1.807, 2.05) is 49.4 Å². The third-order valence-electron chi connectivity index (χ3n) is 4.78. The van der Waals surface area contributed by atoms with Crippen molar-refractivity contribution in [3.05, 3.63) is 70.2 Å². The molecular weight excluding hydrogens is 362 g/mol. The number of hydrogen-bond acceptors (Lipinski definition) is 2. The molecule has 0 aliphatic carbocycles. The van der Waals surface area contributed by atoms with Crippen LogP contribution in [-0.2, 0) is 6.54 Å². The maximum absolute atomic E-state index is 12.8. The summed E-state index contributed by atoms with van der Waals surface area (Å²) >= 11 is 6.19. The van der Waals surface area contributed by atoms with E-state index in [1.165, 1.54) is 0 Å². The van der Waals surface area contributed by atoms with Gasteiger partial charge in [0.1, 0.15) is 0 Å². The highest BCUT2D eigenvalue weighted by molar-refractivity contribution is 6.33. The average molecular weight is 386 g/mol. The number of halogens is 1. The van der Waals surface area contributed by atoms with Crippen LogP contribution in [0.25, 0.3) is 0 Å². The third-order valence-corrected chi connectivity index (χ3v) is 5.11. The summed E-state index contributed by atoms with van der Waals surface area (Å²) in [5.41, 5.74) is 2.62. The summed E-state index contributed by atoms with van der Waals surface area (Å²) in [5, 5.41) is 0.465. The second kappa shape index (κ2) is 8.44. The molecule has 1 fully saturated rings. The summed E-state index contributed by atoms with van der Waals surface area (Å²) in [6, 6.07) is 15.3. The molecule has 2 aromatic rings. The summed E-state index contributed by atoms with van der Waals surface area (Å²) in [5.74, 6) is -0.0755. The zero-order valence-corrected chi connectivity index (χ0v) is 16.4. The Kier molecular flexibility index (Phi) is 6.01. The van der Waals surface area contributed by atoms with Crippen LogP contribution in [0.5, 0.6) is 0 Å². The highest BCUT2D eigenvalue weighted by atomic mass is 35.5. The first-order valence-electron chi connectivity index (χ1n) is 9.05. The van der Waals surface area contributed by atoms with Gasteiger partial charge in [-0.3, -0.25) is 4.79 Å². The van der Waals surface area contributed by atoms with E-state index < -0.39 is 0 Å². The number of hydrogen-bond donors (Lipinski definition) is 0. The summed E-state index contributed by atoms with van der Waals surface area (Å²) in [6.45, 7) is 4.56. The van der Waals surface area contributed by atoms with Crippen LogP contribution in [0.2, 0.25) is 5.02 Å². The SMILES string of the molecule is Cc1ccc(Cl)c(C(=O)N2CCN(C(=O)N(C)Cc3ccccc3)CC2)c1. The van der Waals surface area contributed by atoms with E-state index in [4.69, 9.17) is 11.6 Å².